The van der Waals surface area contributed by atoms with Gasteiger partial charge in [0.05, 0.1) is 65.8 Å². The summed E-state index contributed by atoms with van der Waals surface area (Å²) in [5.41, 5.74) is 1.72. The number of hydrogen-bond donors (Lipinski definition) is 2. The van der Waals surface area contributed by atoms with E-state index >= 15 is 0 Å². The van der Waals surface area contributed by atoms with Gasteiger partial charge < -0.3 is 24.6 Å². The molecule has 2 N–H and O–H groups in total. The summed E-state index contributed by atoms with van der Waals surface area (Å²) < 4.78 is 15.8. The molecular weight excluding hydrogens is 433 g/mol. The average molecular weight is 458 g/mol. The smallest absolute Gasteiger partial charge is 0.336 e. The molecule has 0 fully saturated rings. The van der Waals surface area contributed by atoms with Crippen molar-refractivity contribution in [1.29, 1.82) is 0 Å². The Labute approximate surface area is 185 Å². The number of aliphatic hydroxyl groups excluding tert-OH is 1. The van der Waals surface area contributed by atoms with Crippen molar-refractivity contribution < 1.29 is 28.9 Å². The number of carbonyl (C=O) groups is 2. The second kappa shape index (κ2) is 10.8. The van der Waals surface area contributed by atoms with Crippen molar-refractivity contribution in [3.05, 3.63) is 56.3 Å². The zero-order valence-electron chi connectivity index (χ0n) is 17.3. The highest BCUT2D eigenvalue weighted by Crippen LogP contribution is 2.43. The predicted molar refractivity (Wildman–Crippen MR) is 113 cm³/mol. The minimum Gasteiger partial charge on any atom is -0.466 e. The molecule has 0 amide bonds. The van der Waals surface area contributed by atoms with E-state index in [0.717, 1.165) is 0 Å². The van der Waals surface area contributed by atoms with E-state index in [1.54, 1.807) is 39.0 Å². The Kier molecular flexibility index (Phi) is 8.73. The Morgan fingerprint density at radius 3 is 2.53 bits per heavy atom. The van der Waals surface area contributed by atoms with Crippen LogP contribution in [0.5, 0.6) is 0 Å². The minimum absolute atomic E-state index is 0.0144. The summed E-state index contributed by atoms with van der Waals surface area (Å²) in [6.07, 6.45) is -0.680. The van der Waals surface area contributed by atoms with Crippen LogP contribution in [0.2, 0.25) is 10.0 Å². The summed E-state index contributed by atoms with van der Waals surface area (Å²) in [5, 5.41) is 13.0. The predicted octanol–water partition coefficient (Wildman–Crippen LogP) is 3.34. The lowest BCUT2D eigenvalue weighted by Crippen LogP contribution is -2.35. The van der Waals surface area contributed by atoms with Gasteiger partial charge in [-0.25, -0.2) is 9.59 Å². The van der Waals surface area contributed by atoms with Gasteiger partial charge in [-0.3, -0.25) is 0 Å². The van der Waals surface area contributed by atoms with Gasteiger partial charge in [-0.15, -0.1) is 0 Å². The topological polar surface area (TPSA) is 94.1 Å². The molecule has 2 unspecified atom stereocenters. The van der Waals surface area contributed by atoms with Crippen LogP contribution in [0.4, 0.5) is 0 Å². The van der Waals surface area contributed by atoms with Crippen LogP contribution in [0, 0.1) is 0 Å². The Balaban J connectivity index is 2.70. The molecule has 164 valence electrons. The molecule has 2 atom stereocenters. The number of allylic oxidation sites excluding steroid dienone is 1. The Bertz CT molecular complexity index is 878. The van der Waals surface area contributed by atoms with Crippen LogP contribution in [0.1, 0.15) is 32.3 Å². The van der Waals surface area contributed by atoms with E-state index in [-0.39, 0.29) is 41.0 Å². The van der Waals surface area contributed by atoms with E-state index in [9.17, 15) is 14.7 Å². The molecule has 0 aromatic heterocycles. The molecule has 9 heteroatoms. The lowest BCUT2D eigenvalue weighted by atomic mass is 9.80. The zero-order chi connectivity index (χ0) is 22.4. The molecule has 1 aromatic carbocycles. The second-order valence-corrected chi connectivity index (χ2v) is 7.49. The largest absolute Gasteiger partial charge is 0.466 e. The molecule has 1 aromatic rings. The number of ether oxygens (including phenoxy) is 3. The number of methoxy groups -OCH3 is 1. The second-order valence-electron chi connectivity index (χ2n) is 6.71. The Hall–Kier alpha value is -2.06. The molecule has 1 aliphatic rings. The summed E-state index contributed by atoms with van der Waals surface area (Å²) in [7, 11) is 1.26. The van der Waals surface area contributed by atoms with Crippen molar-refractivity contribution in [3.8, 4) is 0 Å². The van der Waals surface area contributed by atoms with E-state index in [4.69, 9.17) is 37.4 Å². The molecule has 2 rings (SSSR count). The van der Waals surface area contributed by atoms with E-state index in [0.29, 0.717) is 17.0 Å². The van der Waals surface area contributed by atoms with E-state index < -0.39 is 24.0 Å². The lowest BCUT2D eigenvalue weighted by molar-refractivity contribution is -0.139. The molecule has 30 heavy (non-hydrogen) atoms. The van der Waals surface area contributed by atoms with Crippen molar-refractivity contribution in [1.82, 2.24) is 5.32 Å². The van der Waals surface area contributed by atoms with Crippen LogP contribution in [0.25, 0.3) is 0 Å². The van der Waals surface area contributed by atoms with Gasteiger partial charge in [0, 0.05) is 5.70 Å². The summed E-state index contributed by atoms with van der Waals surface area (Å²) in [4.78, 5) is 25.6. The normalized spacial score (nSPS) is 17.5. The maximum Gasteiger partial charge on any atom is 0.336 e. The van der Waals surface area contributed by atoms with Crippen LogP contribution >= 0.6 is 23.2 Å². The van der Waals surface area contributed by atoms with Gasteiger partial charge in [-0.05, 0) is 32.4 Å². The first-order chi connectivity index (χ1) is 14.2. The van der Waals surface area contributed by atoms with E-state index in [2.05, 4.69) is 5.32 Å². The number of nitrogens with one attached hydrogen (secondary N) is 1. The van der Waals surface area contributed by atoms with Crippen molar-refractivity contribution in [2.45, 2.75) is 32.8 Å². The van der Waals surface area contributed by atoms with Crippen LogP contribution in [0.15, 0.2) is 40.7 Å². The summed E-state index contributed by atoms with van der Waals surface area (Å²) in [6.45, 7) is 5.15. The van der Waals surface area contributed by atoms with Gasteiger partial charge in [0.15, 0.2) is 0 Å². The van der Waals surface area contributed by atoms with Gasteiger partial charge in [-0.2, -0.15) is 0 Å². The number of halogens is 2. The first-order valence-electron chi connectivity index (χ1n) is 9.38. The van der Waals surface area contributed by atoms with Crippen molar-refractivity contribution in [2.24, 2.45) is 0 Å². The van der Waals surface area contributed by atoms with E-state index in [1.165, 1.54) is 7.11 Å². The van der Waals surface area contributed by atoms with Crippen molar-refractivity contribution >= 4 is 35.1 Å². The molecule has 0 bridgehead atoms. The number of aliphatic hydroxyl groups is 1. The van der Waals surface area contributed by atoms with Crippen molar-refractivity contribution in [3.63, 3.8) is 0 Å². The molecule has 1 aliphatic heterocycles. The molecule has 0 saturated heterocycles. The van der Waals surface area contributed by atoms with Gasteiger partial charge in [0.25, 0.3) is 0 Å². The monoisotopic (exact) mass is 457 g/mol. The van der Waals surface area contributed by atoms with Gasteiger partial charge in [0.2, 0.25) is 0 Å². The molecule has 0 saturated carbocycles. The molecule has 0 aliphatic carbocycles. The molecule has 7 nitrogen and oxygen atoms in total. The number of carbonyl (C=O) groups excluding carboxylic acids is 2. The number of hydrogen-bond acceptors (Lipinski definition) is 7. The molecule has 0 radical (unpaired) electrons. The zero-order valence-corrected chi connectivity index (χ0v) is 18.8. The number of dihydropyridines is 1. The SMILES string of the molecule is CCOC(=O)C1=C(COCC(C)O)NC(C)=C(C(=O)OC)C1c1cccc(Cl)c1Cl. The average Bonchev–Trinajstić information content (AvgIpc) is 2.69. The standard InChI is InChI=1S/C21H25Cl2NO6/c1-5-30-21(27)18-15(10-29-9-11(2)25)24-12(3)16(20(26)28-4)17(18)13-7-6-8-14(22)19(13)23/h6-8,11,17,24-25H,5,9-10H2,1-4H3. The highest BCUT2D eigenvalue weighted by molar-refractivity contribution is 6.42. The quantitative estimate of drug-likeness (QED) is 0.577. The molecular formula is C21H25Cl2NO6. The highest BCUT2D eigenvalue weighted by atomic mass is 35.5. The maximum absolute atomic E-state index is 13.0. The van der Waals surface area contributed by atoms with Crippen LogP contribution in [-0.4, -0.2) is 50.1 Å². The Morgan fingerprint density at radius 2 is 1.93 bits per heavy atom. The highest BCUT2D eigenvalue weighted by Gasteiger charge is 2.40. The van der Waals surface area contributed by atoms with E-state index in [1.807, 2.05) is 0 Å². The van der Waals surface area contributed by atoms with Crippen molar-refractivity contribution in [2.75, 3.05) is 26.9 Å². The number of esters is 2. The summed E-state index contributed by atoms with van der Waals surface area (Å²) >= 11 is 12.7. The third-order valence-electron chi connectivity index (χ3n) is 4.44. The minimum atomic E-state index is -0.880. The molecule has 1 heterocycles. The van der Waals surface area contributed by atoms with Gasteiger partial charge in [0.1, 0.15) is 0 Å². The van der Waals surface area contributed by atoms with Crippen LogP contribution in [-0.2, 0) is 23.8 Å². The number of rotatable bonds is 8. The maximum atomic E-state index is 13.0. The first-order valence-corrected chi connectivity index (χ1v) is 10.1. The lowest BCUT2D eigenvalue weighted by Gasteiger charge is -2.32. The van der Waals surface area contributed by atoms with Gasteiger partial charge in [-0.1, -0.05) is 35.3 Å². The van der Waals surface area contributed by atoms with Crippen LogP contribution in [0.3, 0.4) is 0 Å². The first kappa shape index (κ1) is 24.2. The Morgan fingerprint density at radius 1 is 1.23 bits per heavy atom. The number of benzene rings is 1. The van der Waals surface area contributed by atoms with Crippen LogP contribution < -0.4 is 5.32 Å². The van der Waals surface area contributed by atoms with Gasteiger partial charge >= 0.3 is 11.9 Å². The fourth-order valence-corrected chi connectivity index (χ4v) is 3.64. The molecule has 0 spiro atoms. The third-order valence-corrected chi connectivity index (χ3v) is 5.28. The fraction of sp³-hybridized carbons (Fsp3) is 0.429. The summed E-state index contributed by atoms with van der Waals surface area (Å²) in [6, 6.07) is 4.99. The third kappa shape index (κ3) is 5.35. The fourth-order valence-electron chi connectivity index (χ4n) is 3.23. The summed E-state index contributed by atoms with van der Waals surface area (Å²) in [5.74, 6) is -2.13.